The van der Waals surface area contributed by atoms with Crippen molar-refractivity contribution in [1.29, 1.82) is 0 Å². The van der Waals surface area contributed by atoms with E-state index in [1.165, 1.54) is 4.68 Å². The first-order valence-corrected chi connectivity index (χ1v) is 8.55. The van der Waals surface area contributed by atoms with Gasteiger partial charge >= 0.3 is 0 Å². The van der Waals surface area contributed by atoms with E-state index < -0.39 is 0 Å². The van der Waals surface area contributed by atoms with Crippen molar-refractivity contribution in [2.75, 3.05) is 4.72 Å². The minimum absolute atomic E-state index is 0.0631. The highest BCUT2D eigenvalue weighted by Gasteiger charge is 2.11. The number of hydrogen-bond acceptors (Lipinski definition) is 5. The van der Waals surface area contributed by atoms with Crippen molar-refractivity contribution in [1.82, 2.24) is 9.78 Å². The van der Waals surface area contributed by atoms with Crippen LogP contribution in [0.4, 0.5) is 5.69 Å². The van der Waals surface area contributed by atoms with E-state index in [2.05, 4.69) is 22.8 Å². The molecule has 1 aromatic heterocycles. The maximum atomic E-state index is 12.4. The van der Waals surface area contributed by atoms with Gasteiger partial charge in [0.1, 0.15) is 0 Å². The lowest BCUT2D eigenvalue weighted by Gasteiger charge is -2.11. The van der Waals surface area contributed by atoms with E-state index in [0.717, 1.165) is 51.0 Å². The highest BCUT2D eigenvalue weighted by Crippen LogP contribution is 2.22. The lowest BCUT2D eigenvalue weighted by molar-refractivity contribution is 0.697. The van der Waals surface area contributed by atoms with E-state index in [4.69, 9.17) is 5.14 Å². The SMILES string of the molecule is Cc1cc2c(Cc3cccc(NSN)c3)nn(C)c(=O)c2cc1C. The summed E-state index contributed by atoms with van der Waals surface area (Å²) >= 11 is 1.07. The highest BCUT2D eigenvalue weighted by molar-refractivity contribution is 7.98. The standard InChI is InChI=1S/C18H20N4OS/c1-11-7-15-16(8-12(11)2)18(23)22(3)20-17(15)10-13-5-4-6-14(9-13)21-24-19/h4-9,21H,10,19H2,1-3H3. The molecule has 0 fully saturated rings. The second-order valence-corrected chi connectivity index (χ2v) is 6.39. The summed E-state index contributed by atoms with van der Waals surface area (Å²) in [5, 5.41) is 11.6. The summed E-state index contributed by atoms with van der Waals surface area (Å²) in [5.41, 5.74) is 5.16. The molecule has 3 rings (SSSR count). The number of hydrogen-bond donors (Lipinski definition) is 2. The molecule has 6 heteroatoms. The third-order valence-electron chi connectivity index (χ3n) is 4.22. The van der Waals surface area contributed by atoms with Gasteiger partial charge < -0.3 is 4.72 Å². The van der Waals surface area contributed by atoms with Crippen LogP contribution in [0.2, 0.25) is 0 Å². The average molecular weight is 340 g/mol. The Morgan fingerprint density at radius 3 is 2.58 bits per heavy atom. The Kier molecular flexibility index (Phi) is 4.59. The predicted octanol–water partition coefficient (Wildman–Crippen LogP) is 3.07. The van der Waals surface area contributed by atoms with Crippen LogP contribution in [0.5, 0.6) is 0 Å². The third-order valence-corrected chi connectivity index (χ3v) is 4.57. The monoisotopic (exact) mass is 340 g/mol. The van der Waals surface area contributed by atoms with Gasteiger partial charge in [0.05, 0.1) is 11.1 Å². The molecule has 0 amide bonds. The van der Waals surface area contributed by atoms with Crippen molar-refractivity contribution in [3.8, 4) is 0 Å². The minimum Gasteiger partial charge on any atom is -0.317 e. The maximum absolute atomic E-state index is 12.4. The van der Waals surface area contributed by atoms with Crippen LogP contribution < -0.4 is 15.4 Å². The van der Waals surface area contributed by atoms with Crippen LogP contribution in [0, 0.1) is 13.8 Å². The van der Waals surface area contributed by atoms with Crippen LogP contribution in [0.1, 0.15) is 22.4 Å². The van der Waals surface area contributed by atoms with Crippen LogP contribution >= 0.6 is 12.1 Å². The number of nitrogens with two attached hydrogens (primary N) is 1. The molecule has 0 bridgehead atoms. The van der Waals surface area contributed by atoms with E-state index >= 15 is 0 Å². The number of rotatable bonds is 4. The Balaban J connectivity index is 2.12. The fourth-order valence-electron chi connectivity index (χ4n) is 2.82. The molecular weight excluding hydrogens is 320 g/mol. The second-order valence-electron chi connectivity index (χ2n) is 5.95. The molecule has 0 radical (unpaired) electrons. The number of anilines is 1. The number of nitrogens with zero attached hydrogens (tertiary/aromatic N) is 2. The molecule has 0 aliphatic carbocycles. The van der Waals surface area contributed by atoms with E-state index in [1.54, 1.807) is 7.05 Å². The van der Waals surface area contributed by atoms with Gasteiger partial charge in [0.25, 0.3) is 5.56 Å². The zero-order valence-corrected chi connectivity index (χ0v) is 14.8. The van der Waals surface area contributed by atoms with Crippen molar-refractivity contribution in [3.05, 3.63) is 69.1 Å². The maximum Gasteiger partial charge on any atom is 0.274 e. The first-order valence-electron chi connectivity index (χ1n) is 7.67. The molecule has 24 heavy (non-hydrogen) atoms. The molecule has 0 atom stereocenters. The molecule has 0 unspecified atom stereocenters. The van der Waals surface area contributed by atoms with Crippen LogP contribution in [-0.2, 0) is 13.5 Å². The second kappa shape index (κ2) is 6.67. The van der Waals surface area contributed by atoms with E-state index in [9.17, 15) is 4.79 Å². The molecule has 3 N–H and O–H groups in total. The molecule has 5 nitrogen and oxygen atoms in total. The first kappa shape index (κ1) is 16.5. The van der Waals surface area contributed by atoms with Gasteiger partial charge in [-0.3, -0.25) is 9.93 Å². The van der Waals surface area contributed by atoms with Crippen molar-refractivity contribution < 1.29 is 0 Å². The molecular formula is C18H20N4OS. The number of aryl methyl sites for hydroxylation is 3. The van der Waals surface area contributed by atoms with Gasteiger partial charge in [0.15, 0.2) is 0 Å². The number of nitrogens with one attached hydrogen (secondary N) is 1. The topological polar surface area (TPSA) is 72.9 Å². The van der Waals surface area contributed by atoms with Gasteiger partial charge in [-0.15, -0.1) is 0 Å². The zero-order chi connectivity index (χ0) is 17.3. The van der Waals surface area contributed by atoms with Gasteiger partial charge in [-0.05, 0) is 54.8 Å². The van der Waals surface area contributed by atoms with Crippen molar-refractivity contribution in [3.63, 3.8) is 0 Å². The smallest absolute Gasteiger partial charge is 0.274 e. The largest absolute Gasteiger partial charge is 0.317 e. The number of aromatic nitrogens is 2. The summed E-state index contributed by atoms with van der Waals surface area (Å²) in [6, 6.07) is 12.1. The lowest BCUT2D eigenvalue weighted by Crippen LogP contribution is -2.21. The van der Waals surface area contributed by atoms with Crippen molar-refractivity contribution in [2.24, 2.45) is 12.2 Å². The van der Waals surface area contributed by atoms with Crippen LogP contribution in [0.15, 0.2) is 41.2 Å². The molecule has 0 spiro atoms. The summed E-state index contributed by atoms with van der Waals surface area (Å²) in [6.07, 6.45) is 0.651. The van der Waals surface area contributed by atoms with E-state index in [-0.39, 0.29) is 5.56 Å². The quantitative estimate of drug-likeness (QED) is 0.714. The molecule has 0 saturated heterocycles. The Bertz CT molecular complexity index is 965. The summed E-state index contributed by atoms with van der Waals surface area (Å²) < 4.78 is 4.45. The van der Waals surface area contributed by atoms with E-state index in [1.807, 2.05) is 37.3 Å². The molecule has 124 valence electrons. The average Bonchev–Trinajstić information content (AvgIpc) is 2.55. The molecule has 2 aromatic carbocycles. The van der Waals surface area contributed by atoms with Gasteiger partial charge in [-0.2, -0.15) is 5.10 Å². The Labute approximate surface area is 145 Å². The molecule has 0 saturated carbocycles. The summed E-state index contributed by atoms with van der Waals surface area (Å²) in [4.78, 5) is 12.4. The lowest BCUT2D eigenvalue weighted by atomic mass is 10.00. The van der Waals surface area contributed by atoms with Gasteiger partial charge in [0.2, 0.25) is 0 Å². The summed E-state index contributed by atoms with van der Waals surface area (Å²) in [6.45, 7) is 4.08. The molecule has 1 heterocycles. The fraction of sp³-hybridized carbons (Fsp3) is 0.222. The normalized spacial score (nSPS) is 11.0. The van der Waals surface area contributed by atoms with Crippen LogP contribution in [0.3, 0.4) is 0 Å². The minimum atomic E-state index is -0.0631. The van der Waals surface area contributed by atoms with Gasteiger partial charge in [0, 0.05) is 36.7 Å². The van der Waals surface area contributed by atoms with Gasteiger partial charge in [-0.1, -0.05) is 12.1 Å². The number of benzene rings is 2. The summed E-state index contributed by atoms with van der Waals surface area (Å²) in [5.74, 6) is 0. The van der Waals surface area contributed by atoms with Crippen molar-refractivity contribution in [2.45, 2.75) is 20.3 Å². The third kappa shape index (κ3) is 3.16. The molecule has 0 aliphatic rings. The van der Waals surface area contributed by atoms with Crippen LogP contribution in [-0.4, -0.2) is 9.78 Å². The molecule has 3 aromatic rings. The van der Waals surface area contributed by atoms with Crippen molar-refractivity contribution >= 4 is 28.6 Å². The van der Waals surface area contributed by atoms with E-state index in [0.29, 0.717) is 6.42 Å². The van der Waals surface area contributed by atoms with Crippen LogP contribution in [0.25, 0.3) is 10.8 Å². The van der Waals surface area contributed by atoms with Gasteiger partial charge in [-0.25, -0.2) is 4.68 Å². The first-order chi connectivity index (χ1) is 11.5. The Hall–Kier alpha value is -2.31. The molecule has 0 aliphatic heterocycles. The Morgan fingerprint density at radius 2 is 1.88 bits per heavy atom. The number of fused-ring (bicyclic) bond motifs is 1. The zero-order valence-electron chi connectivity index (χ0n) is 14.0. The Morgan fingerprint density at radius 1 is 1.17 bits per heavy atom. The summed E-state index contributed by atoms with van der Waals surface area (Å²) in [7, 11) is 1.70. The highest BCUT2D eigenvalue weighted by atomic mass is 32.2. The predicted molar refractivity (Wildman–Crippen MR) is 101 cm³/mol. The fourth-order valence-corrected chi connectivity index (χ4v) is 3.09.